The summed E-state index contributed by atoms with van der Waals surface area (Å²) in [6.07, 6.45) is -2.25. The first-order valence-electron chi connectivity index (χ1n) is 15.8. The Bertz CT molecular complexity index is 1700. The molecular formula is C36H41F3N4O4. The summed E-state index contributed by atoms with van der Waals surface area (Å²) in [6, 6.07) is 18.6. The van der Waals surface area contributed by atoms with E-state index in [0.29, 0.717) is 50.1 Å². The summed E-state index contributed by atoms with van der Waals surface area (Å²) in [5, 5.41) is 4.04. The SMILES string of the molecule is CC(C)(C)OC(=O)C(CCCCN)NC(=O)C1Cc2c([nH]c3ccccc23)CN1c1cccc(OCc2ccc(C(F)(F)F)cc2)c1. The van der Waals surface area contributed by atoms with Crippen molar-refractivity contribution in [1.29, 1.82) is 0 Å². The third kappa shape index (κ3) is 8.45. The highest BCUT2D eigenvalue weighted by molar-refractivity contribution is 5.92. The average molecular weight is 651 g/mol. The second-order valence-corrected chi connectivity index (χ2v) is 12.8. The van der Waals surface area contributed by atoms with Gasteiger partial charge in [-0.1, -0.05) is 36.4 Å². The van der Waals surface area contributed by atoms with Crippen molar-refractivity contribution < 1.29 is 32.2 Å². The molecule has 2 heterocycles. The van der Waals surface area contributed by atoms with E-state index in [2.05, 4.69) is 10.3 Å². The molecule has 4 N–H and O–H groups in total. The second-order valence-electron chi connectivity index (χ2n) is 12.8. The van der Waals surface area contributed by atoms with E-state index in [1.165, 1.54) is 12.1 Å². The number of H-pyrrole nitrogens is 1. The summed E-state index contributed by atoms with van der Waals surface area (Å²) in [6.45, 7) is 6.31. The fourth-order valence-corrected chi connectivity index (χ4v) is 5.80. The van der Waals surface area contributed by atoms with Crippen molar-refractivity contribution in [2.75, 3.05) is 11.4 Å². The predicted octanol–water partition coefficient (Wildman–Crippen LogP) is 6.65. The number of benzene rings is 3. The number of unbranched alkanes of at least 4 members (excludes halogenated alkanes) is 1. The van der Waals surface area contributed by atoms with E-state index in [-0.39, 0.29) is 12.5 Å². The number of ether oxygens (including phenoxy) is 2. The van der Waals surface area contributed by atoms with Gasteiger partial charge in [-0.25, -0.2) is 4.79 Å². The molecule has 2 atom stereocenters. The van der Waals surface area contributed by atoms with Gasteiger partial charge in [0.1, 0.15) is 30.0 Å². The van der Waals surface area contributed by atoms with Crippen molar-refractivity contribution in [3.05, 3.63) is 95.2 Å². The van der Waals surface area contributed by atoms with Gasteiger partial charge >= 0.3 is 12.1 Å². The van der Waals surface area contributed by atoms with Gasteiger partial charge in [-0.15, -0.1) is 0 Å². The Hall–Kier alpha value is -4.51. The van der Waals surface area contributed by atoms with E-state index in [1.807, 2.05) is 47.4 Å². The molecule has 5 rings (SSSR count). The number of carbonyl (C=O) groups excluding carboxylic acids is 2. The number of fused-ring (bicyclic) bond motifs is 3. The monoisotopic (exact) mass is 650 g/mol. The Morgan fingerprint density at radius 2 is 1.77 bits per heavy atom. The summed E-state index contributed by atoms with van der Waals surface area (Å²) < 4.78 is 50.6. The van der Waals surface area contributed by atoms with Gasteiger partial charge in [0.05, 0.1) is 12.1 Å². The van der Waals surface area contributed by atoms with Crippen LogP contribution in [-0.4, -0.2) is 41.1 Å². The first-order valence-corrected chi connectivity index (χ1v) is 15.8. The van der Waals surface area contributed by atoms with E-state index in [0.717, 1.165) is 40.0 Å². The van der Waals surface area contributed by atoms with E-state index in [1.54, 1.807) is 26.8 Å². The van der Waals surface area contributed by atoms with E-state index in [9.17, 15) is 22.8 Å². The summed E-state index contributed by atoms with van der Waals surface area (Å²) in [4.78, 5) is 32.8. The lowest BCUT2D eigenvalue weighted by molar-refractivity contribution is -0.159. The van der Waals surface area contributed by atoms with Crippen molar-refractivity contribution in [2.45, 2.75) is 83.5 Å². The largest absolute Gasteiger partial charge is 0.489 e. The molecule has 11 heteroatoms. The quantitative estimate of drug-likeness (QED) is 0.124. The lowest BCUT2D eigenvalue weighted by Gasteiger charge is -2.37. The molecule has 4 aromatic rings. The fraction of sp³-hybridized carbons (Fsp3) is 0.389. The maximum Gasteiger partial charge on any atom is 0.416 e. The summed E-state index contributed by atoms with van der Waals surface area (Å²) in [5.74, 6) is -0.297. The van der Waals surface area contributed by atoms with Crippen LogP contribution in [0.4, 0.5) is 18.9 Å². The maximum atomic E-state index is 14.1. The minimum absolute atomic E-state index is 0.0675. The number of aromatic amines is 1. The van der Waals surface area contributed by atoms with Crippen molar-refractivity contribution >= 4 is 28.5 Å². The van der Waals surface area contributed by atoms with Crippen LogP contribution < -0.4 is 20.7 Å². The van der Waals surface area contributed by atoms with Crippen LogP contribution in [0.3, 0.4) is 0 Å². The zero-order valence-corrected chi connectivity index (χ0v) is 26.8. The van der Waals surface area contributed by atoms with Gasteiger partial charge in [-0.3, -0.25) is 4.79 Å². The Labute approximate surface area is 272 Å². The highest BCUT2D eigenvalue weighted by atomic mass is 19.4. The zero-order valence-electron chi connectivity index (χ0n) is 26.8. The van der Waals surface area contributed by atoms with Crippen molar-refractivity contribution in [3.8, 4) is 5.75 Å². The predicted molar refractivity (Wildman–Crippen MR) is 175 cm³/mol. The van der Waals surface area contributed by atoms with Gasteiger partial charge in [-0.2, -0.15) is 13.2 Å². The molecule has 0 spiro atoms. The highest BCUT2D eigenvalue weighted by Gasteiger charge is 2.37. The summed E-state index contributed by atoms with van der Waals surface area (Å²) in [7, 11) is 0. The number of nitrogens with one attached hydrogen (secondary N) is 2. The Morgan fingerprint density at radius 3 is 2.47 bits per heavy atom. The molecule has 47 heavy (non-hydrogen) atoms. The first-order chi connectivity index (χ1) is 22.3. The molecule has 1 aliphatic heterocycles. The van der Waals surface area contributed by atoms with Gasteiger partial charge in [0, 0.05) is 34.8 Å². The van der Waals surface area contributed by atoms with Crippen LogP contribution >= 0.6 is 0 Å². The number of amides is 1. The van der Waals surface area contributed by atoms with E-state index < -0.39 is 35.4 Å². The van der Waals surface area contributed by atoms with Crippen molar-refractivity contribution in [1.82, 2.24) is 10.3 Å². The van der Waals surface area contributed by atoms with Crippen molar-refractivity contribution in [3.63, 3.8) is 0 Å². The number of para-hydroxylation sites is 1. The Balaban J connectivity index is 1.41. The number of aromatic nitrogens is 1. The minimum Gasteiger partial charge on any atom is -0.489 e. The number of esters is 1. The topological polar surface area (TPSA) is 110 Å². The Morgan fingerprint density at radius 1 is 1.02 bits per heavy atom. The smallest absolute Gasteiger partial charge is 0.416 e. The summed E-state index contributed by atoms with van der Waals surface area (Å²) in [5.41, 5.74) is 8.57. The number of hydrogen-bond acceptors (Lipinski definition) is 6. The van der Waals surface area contributed by atoms with E-state index >= 15 is 0 Å². The van der Waals surface area contributed by atoms with Crippen LogP contribution in [-0.2, 0) is 40.1 Å². The number of nitrogens with two attached hydrogens (primary N) is 1. The van der Waals surface area contributed by atoms with Crippen LogP contribution in [0.15, 0.2) is 72.8 Å². The maximum absolute atomic E-state index is 14.1. The molecule has 8 nitrogen and oxygen atoms in total. The molecule has 0 saturated heterocycles. The molecule has 1 aliphatic rings. The van der Waals surface area contributed by atoms with Gasteiger partial charge in [0.15, 0.2) is 0 Å². The lowest BCUT2D eigenvalue weighted by Crippen LogP contribution is -2.54. The number of anilines is 1. The van der Waals surface area contributed by atoms with Crippen LogP contribution in [0.5, 0.6) is 5.75 Å². The number of carbonyl (C=O) groups is 2. The second kappa shape index (κ2) is 14.1. The standard InChI is InChI=1S/C36H41F3N4O4/c1-35(2,3)47-34(45)30(13-6-7-18-40)42-33(44)32-20-28-27-11-4-5-12-29(27)41-31(28)21-43(32)25-9-8-10-26(19-25)46-22-23-14-16-24(17-15-23)36(37,38)39/h4-5,8-12,14-17,19,30,32,41H,6-7,13,18,20-22,40H2,1-3H3,(H,42,44). The molecule has 0 fully saturated rings. The third-order valence-corrected chi connectivity index (χ3v) is 8.10. The molecule has 2 unspecified atom stereocenters. The molecule has 1 aromatic heterocycles. The number of rotatable bonds is 11. The van der Waals surface area contributed by atoms with E-state index in [4.69, 9.17) is 15.2 Å². The van der Waals surface area contributed by atoms with Gasteiger partial charge in [-0.05, 0) is 88.0 Å². The van der Waals surface area contributed by atoms with Crippen LogP contribution in [0.1, 0.15) is 62.4 Å². The number of hydrogen-bond donors (Lipinski definition) is 3. The lowest BCUT2D eigenvalue weighted by atomic mass is 9.95. The molecule has 0 saturated carbocycles. The molecule has 1 amide bonds. The molecule has 3 aromatic carbocycles. The fourth-order valence-electron chi connectivity index (χ4n) is 5.80. The molecule has 0 radical (unpaired) electrons. The van der Waals surface area contributed by atoms with Crippen molar-refractivity contribution in [2.24, 2.45) is 5.73 Å². The molecule has 250 valence electrons. The molecular weight excluding hydrogens is 609 g/mol. The number of halogens is 3. The minimum atomic E-state index is -4.41. The molecule has 0 bridgehead atoms. The molecule has 0 aliphatic carbocycles. The van der Waals surface area contributed by atoms with Gasteiger partial charge in [0.25, 0.3) is 0 Å². The van der Waals surface area contributed by atoms with Crippen LogP contribution in [0, 0.1) is 0 Å². The Kier molecular flexibility index (Phi) is 10.1. The first kappa shape index (κ1) is 33.8. The van der Waals surface area contributed by atoms with Gasteiger partial charge < -0.3 is 30.4 Å². The van der Waals surface area contributed by atoms with Crippen LogP contribution in [0.25, 0.3) is 10.9 Å². The number of nitrogens with zero attached hydrogens (tertiary/aromatic N) is 1. The zero-order chi connectivity index (χ0) is 33.8. The normalized spacial score (nSPS) is 15.6. The van der Waals surface area contributed by atoms with Crippen LogP contribution in [0.2, 0.25) is 0 Å². The average Bonchev–Trinajstić information content (AvgIpc) is 3.39. The summed E-state index contributed by atoms with van der Waals surface area (Å²) >= 11 is 0. The highest BCUT2D eigenvalue weighted by Crippen LogP contribution is 2.35. The number of alkyl halides is 3. The third-order valence-electron chi connectivity index (χ3n) is 8.10. The van der Waals surface area contributed by atoms with Gasteiger partial charge in [0.2, 0.25) is 5.91 Å².